The van der Waals surface area contributed by atoms with Crippen molar-refractivity contribution in [2.24, 2.45) is 0 Å². The van der Waals surface area contributed by atoms with Gasteiger partial charge in [-0.15, -0.1) is 0 Å². The van der Waals surface area contributed by atoms with Crippen molar-refractivity contribution in [2.45, 2.75) is 15.9 Å². The molecule has 0 radical (unpaired) electrons. The summed E-state index contributed by atoms with van der Waals surface area (Å²) in [4.78, 5) is 46.7. The van der Waals surface area contributed by atoms with E-state index >= 15 is 0 Å². The highest BCUT2D eigenvalue weighted by molar-refractivity contribution is 7.91. The average Bonchev–Trinajstić information content (AvgIpc) is 2.96. The minimum atomic E-state index is -4.33. The van der Waals surface area contributed by atoms with Crippen molar-refractivity contribution in [3.05, 3.63) is 140 Å². The molecule has 0 bridgehead atoms. The molecule has 4 aromatic rings. The highest BCUT2D eigenvalue weighted by Gasteiger charge is 2.31. The summed E-state index contributed by atoms with van der Waals surface area (Å²) in [6, 6.07) is 22.1. The summed E-state index contributed by atoms with van der Waals surface area (Å²) in [7, 11) is -4.33. The topological polar surface area (TPSA) is 164 Å². The number of carbonyl (C=O) groups is 2. The monoisotopic (exact) mass is 546 g/mol. The number of nitrogens with zero attached hydrogens (tertiary/aromatic N) is 2. The van der Waals surface area contributed by atoms with Gasteiger partial charge in [-0.3, -0.25) is 25.0 Å². The first kappa shape index (κ1) is 26.8. The number of sulfone groups is 1. The molecule has 4 aromatic carbocycles. The van der Waals surface area contributed by atoms with Crippen LogP contribution in [0.2, 0.25) is 0 Å². The molecule has 0 spiro atoms. The number of non-ortho nitro benzene ring substituents is 2. The predicted octanol–water partition coefficient (Wildman–Crippen LogP) is 5.12. The van der Waals surface area contributed by atoms with Crippen molar-refractivity contribution in [1.82, 2.24) is 0 Å². The number of hydrogen-bond donors (Lipinski definition) is 0. The molecule has 196 valence electrons. The molecular weight excluding hydrogens is 528 g/mol. The van der Waals surface area contributed by atoms with Crippen LogP contribution in [0, 0.1) is 20.2 Å². The van der Waals surface area contributed by atoms with Crippen molar-refractivity contribution in [3.8, 4) is 0 Å². The lowest BCUT2D eigenvalue weighted by atomic mass is 9.99. The van der Waals surface area contributed by atoms with Crippen LogP contribution >= 0.6 is 0 Å². The van der Waals surface area contributed by atoms with Gasteiger partial charge >= 0.3 is 5.97 Å². The van der Waals surface area contributed by atoms with E-state index in [2.05, 4.69) is 0 Å². The van der Waals surface area contributed by atoms with Crippen LogP contribution in [0.4, 0.5) is 11.4 Å². The van der Waals surface area contributed by atoms with Crippen molar-refractivity contribution < 1.29 is 32.6 Å². The molecule has 0 saturated carbocycles. The number of rotatable bonds is 9. The maximum absolute atomic E-state index is 13.3. The van der Waals surface area contributed by atoms with E-state index in [1.807, 2.05) is 0 Å². The Balaban J connectivity index is 1.73. The number of nitro benzene ring substituents is 2. The van der Waals surface area contributed by atoms with Gasteiger partial charge in [0.1, 0.15) is 0 Å². The van der Waals surface area contributed by atoms with Crippen LogP contribution in [0.3, 0.4) is 0 Å². The molecule has 0 amide bonds. The summed E-state index contributed by atoms with van der Waals surface area (Å²) >= 11 is 0. The molecule has 11 nitrogen and oxygen atoms in total. The van der Waals surface area contributed by atoms with Crippen molar-refractivity contribution >= 4 is 33.0 Å². The number of carbonyl (C=O) groups excluding carboxylic acids is 2. The van der Waals surface area contributed by atoms with Crippen LogP contribution in [0.15, 0.2) is 113 Å². The lowest BCUT2D eigenvalue weighted by Crippen LogP contribution is -2.21. The second-order valence-corrected chi connectivity index (χ2v) is 10.0. The summed E-state index contributed by atoms with van der Waals surface area (Å²) in [5, 5.41) is 22.0. The third-order valence-corrected chi connectivity index (χ3v) is 7.51. The quantitative estimate of drug-likeness (QED) is 0.120. The molecular formula is C27H18N2O9S. The SMILES string of the molecule is O=C(O[C@H](C(=O)c1ccccc1)c1ccc([N+](=O)[O-])cc1)c1ccccc1S(=O)(=O)c1ccc([N+](=O)[O-])cc1. The molecule has 0 aromatic heterocycles. The van der Waals surface area contributed by atoms with Crippen LogP contribution in [0.1, 0.15) is 32.4 Å². The van der Waals surface area contributed by atoms with Crippen molar-refractivity contribution in [1.29, 1.82) is 0 Å². The maximum atomic E-state index is 13.3. The summed E-state index contributed by atoms with van der Waals surface area (Å²) in [5.41, 5.74) is -0.592. The summed E-state index contributed by atoms with van der Waals surface area (Å²) < 4.78 is 32.2. The van der Waals surface area contributed by atoms with Gasteiger partial charge in [-0.1, -0.05) is 42.5 Å². The van der Waals surface area contributed by atoms with Crippen LogP contribution in [-0.4, -0.2) is 30.0 Å². The van der Waals surface area contributed by atoms with Gasteiger partial charge in [-0.2, -0.15) is 0 Å². The van der Waals surface area contributed by atoms with Crippen LogP contribution < -0.4 is 0 Å². The fraction of sp³-hybridized carbons (Fsp3) is 0.0370. The number of ether oxygens (including phenoxy) is 1. The third kappa shape index (κ3) is 5.70. The molecule has 1 atom stereocenters. The lowest BCUT2D eigenvalue weighted by molar-refractivity contribution is -0.385. The Labute approximate surface area is 221 Å². The Morgan fingerprint density at radius 2 is 1.21 bits per heavy atom. The van der Waals surface area contributed by atoms with Gasteiger partial charge in [0.25, 0.3) is 11.4 Å². The highest BCUT2D eigenvalue weighted by atomic mass is 32.2. The highest BCUT2D eigenvalue weighted by Crippen LogP contribution is 2.30. The molecule has 0 fully saturated rings. The van der Waals surface area contributed by atoms with Crippen molar-refractivity contribution in [3.63, 3.8) is 0 Å². The molecule has 39 heavy (non-hydrogen) atoms. The van der Waals surface area contributed by atoms with Crippen LogP contribution in [0.5, 0.6) is 0 Å². The Kier molecular flexibility index (Phi) is 7.58. The zero-order chi connectivity index (χ0) is 28.2. The van der Waals surface area contributed by atoms with Crippen LogP contribution in [0.25, 0.3) is 0 Å². The molecule has 0 heterocycles. The summed E-state index contributed by atoms with van der Waals surface area (Å²) in [6.07, 6.45) is -1.55. The van der Waals surface area contributed by atoms with E-state index in [1.54, 1.807) is 18.2 Å². The Morgan fingerprint density at radius 1 is 0.692 bits per heavy atom. The van der Waals surface area contributed by atoms with Crippen LogP contribution in [-0.2, 0) is 14.6 Å². The van der Waals surface area contributed by atoms with Gasteiger partial charge in [0, 0.05) is 35.4 Å². The van der Waals surface area contributed by atoms with Gasteiger partial charge < -0.3 is 4.74 Å². The number of esters is 1. The number of ketones is 1. The molecule has 0 aliphatic heterocycles. The maximum Gasteiger partial charge on any atom is 0.340 e. The first-order valence-corrected chi connectivity index (χ1v) is 12.7. The molecule has 12 heteroatoms. The number of nitro groups is 2. The number of Topliss-reactive ketones (excluding diaryl/α,β-unsaturated/α-hetero) is 1. The lowest BCUT2D eigenvalue weighted by Gasteiger charge is -2.18. The minimum absolute atomic E-state index is 0.138. The van der Waals surface area contributed by atoms with Gasteiger partial charge in [0.05, 0.1) is 25.2 Å². The molecule has 0 N–H and O–H groups in total. The average molecular weight is 547 g/mol. The van der Waals surface area contributed by atoms with Gasteiger partial charge in [0.15, 0.2) is 6.10 Å². The van der Waals surface area contributed by atoms with Gasteiger partial charge in [0.2, 0.25) is 15.6 Å². The second kappa shape index (κ2) is 11.0. The summed E-state index contributed by atoms with van der Waals surface area (Å²) in [5.74, 6) is -1.77. The zero-order valence-corrected chi connectivity index (χ0v) is 20.7. The Hall–Kier alpha value is -5.23. The first-order chi connectivity index (χ1) is 18.6. The van der Waals surface area contributed by atoms with Crippen molar-refractivity contribution in [2.75, 3.05) is 0 Å². The third-order valence-electron chi connectivity index (χ3n) is 5.68. The number of benzene rings is 4. The van der Waals surface area contributed by atoms with E-state index in [4.69, 9.17) is 4.74 Å². The summed E-state index contributed by atoms with van der Waals surface area (Å²) in [6.45, 7) is 0. The second-order valence-electron chi connectivity index (χ2n) is 8.11. The Bertz CT molecular complexity index is 1670. The van der Waals surface area contributed by atoms with E-state index in [-0.39, 0.29) is 33.0 Å². The van der Waals surface area contributed by atoms with E-state index in [1.165, 1.54) is 48.5 Å². The van der Waals surface area contributed by atoms with E-state index < -0.39 is 42.4 Å². The predicted molar refractivity (Wildman–Crippen MR) is 137 cm³/mol. The standard InChI is InChI=1S/C27H18N2O9S/c30-25(18-6-2-1-3-7-18)26(19-10-12-20(13-11-19)28(32)33)38-27(31)23-8-4-5-9-24(23)39(36,37)22-16-14-21(15-17-22)29(34)35/h1-17,26H/t26-/m0/s1. The zero-order valence-electron chi connectivity index (χ0n) is 19.9. The smallest absolute Gasteiger partial charge is 0.340 e. The normalized spacial score (nSPS) is 11.8. The van der Waals surface area contributed by atoms with E-state index in [0.29, 0.717) is 0 Å². The largest absolute Gasteiger partial charge is 0.445 e. The molecule has 0 saturated heterocycles. The number of hydrogen-bond acceptors (Lipinski definition) is 9. The van der Waals surface area contributed by atoms with Gasteiger partial charge in [-0.05, 0) is 36.4 Å². The molecule has 0 aliphatic carbocycles. The fourth-order valence-corrected chi connectivity index (χ4v) is 5.16. The molecule has 4 rings (SSSR count). The minimum Gasteiger partial charge on any atom is -0.445 e. The van der Waals surface area contributed by atoms with E-state index in [9.17, 15) is 38.2 Å². The van der Waals surface area contributed by atoms with Gasteiger partial charge in [-0.25, -0.2) is 13.2 Å². The fourth-order valence-electron chi connectivity index (χ4n) is 3.71. The first-order valence-electron chi connectivity index (χ1n) is 11.2. The Morgan fingerprint density at radius 3 is 1.77 bits per heavy atom. The molecule has 0 aliphatic rings. The van der Waals surface area contributed by atoms with E-state index in [0.717, 1.165) is 36.4 Å². The molecule has 0 unspecified atom stereocenters.